The molecule has 1 aliphatic rings. The van der Waals surface area contributed by atoms with Crippen LogP contribution in [-0.2, 0) is 24.3 Å². The molecule has 0 amide bonds. The standard InChI is InChI=1S/C19H19FN2OS2/c1-11-2-7-14-15(8-11)25-19-17(14)18(23)21-16(22-19)10-24-9-12-3-5-13(20)6-4-12/h3-6,11H,2,7-10H2,1H3,(H,21,22,23)/t11-/m1/s1. The molecule has 2 aromatic heterocycles. The smallest absolute Gasteiger partial charge is 0.259 e. The minimum Gasteiger partial charge on any atom is -0.309 e. The number of aryl methyl sites for hydroxylation is 1. The number of hydrogen-bond acceptors (Lipinski definition) is 4. The Labute approximate surface area is 153 Å². The number of aromatic nitrogens is 2. The molecule has 3 aromatic rings. The van der Waals surface area contributed by atoms with E-state index >= 15 is 0 Å². The maximum Gasteiger partial charge on any atom is 0.259 e. The Morgan fingerprint density at radius 3 is 2.92 bits per heavy atom. The van der Waals surface area contributed by atoms with Gasteiger partial charge in [-0.25, -0.2) is 9.37 Å². The maximum absolute atomic E-state index is 12.9. The summed E-state index contributed by atoms with van der Waals surface area (Å²) in [5.41, 5.74) is 2.28. The largest absolute Gasteiger partial charge is 0.309 e. The van der Waals surface area contributed by atoms with E-state index in [0.29, 0.717) is 11.7 Å². The van der Waals surface area contributed by atoms with Gasteiger partial charge in [0, 0.05) is 10.6 Å². The summed E-state index contributed by atoms with van der Waals surface area (Å²) in [7, 11) is 0. The summed E-state index contributed by atoms with van der Waals surface area (Å²) in [6.45, 7) is 2.27. The Morgan fingerprint density at radius 2 is 2.12 bits per heavy atom. The number of fused-ring (bicyclic) bond motifs is 3. The van der Waals surface area contributed by atoms with Gasteiger partial charge in [-0.2, -0.15) is 0 Å². The third kappa shape index (κ3) is 3.51. The molecule has 0 radical (unpaired) electrons. The van der Waals surface area contributed by atoms with E-state index in [-0.39, 0.29) is 11.4 Å². The lowest BCUT2D eigenvalue weighted by Gasteiger charge is -2.17. The predicted octanol–water partition coefficient (Wildman–Crippen LogP) is 4.68. The number of halogens is 1. The zero-order chi connectivity index (χ0) is 17.4. The Kier molecular flexibility index (Phi) is 4.65. The second kappa shape index (κ2) is 6.92. The topological polar surface area (TPSA) is 45.8 Å². The molecule has 0 saturated carbocycles. The fourth-order valence-corrected chi connectivity index (χ4v) is 5.57. The SMILES string of the molecule is C[C@@H]1CCc2c(sc3nc(CSCc4ccc(F)cc4)[nH]c(=O)c23)C1. The fourth-order valence-electron chi connectivity index (χ4n) is 3.31. The molecule has 2 heterocycles. The lowest BCUT2D eigenvalue weighted by molar-refractivity contribution is 0.509. The van der Waals surface area contributed by atoms with Gasteiger partial charge in [0.1, 0.15) is 16.5 Å². The summed E-state index contributed by atoms with van der Waals surface area (Å²) in [6.07, 6.45) is 3.19. The molecule has 0 bridgehead atoms. The zero-order valence-electron chi connectivity index (χ0n) is 14.0. The number of thioether (sulfide) groups is 1. The number of rotatable bonds is 4. The van der Waals surface area contributed by atoms with Crippen LogP contribution in [-0.4, -0.2) is 9.97 Å². The highest BCUT2D eigenvalue weighted by molar-refractivity contribution is 7.97. The van der Waals surface area contributed by atoms with E-state index in [1.165, 1.54) is 22.6 Å². The summed E-state index contributed by atoms with van der Waals surface area (Å²) in [4.78, 5) is 22.4. The van der Waals surface area contributed by atoms with Crippen molar-refractivity contribution in [2.24, 2.45) is 5.92 Å². The molecule has 4 rings (SSSR count). The molecule has 0 spiro atoms. The van der Waals surface area contributed by atoms with E-state index in [0.717, 1.165) is 46.6 Å². The highest BCUT2D eigenvalue weighted by atomic mass is 32.2. The van der Waals surface area contributed by atoms with Gasteiger partial charge in [0.25, 0.3) is 5.56 Å². The van der Waals surface area contributed by atoms with E-state index < -0.39 is 0 Å². The number of nitrogens with one attached hydrogen (secondary N) is 1. The van der Waals surface area contributed by atoms with Crippen LogP contribution in [0.15, 0.2) is 29.1 Å². The average Bonchev–Trinajstić information content (AvgIpc) is 2.94. The Bertz CT molecular complexity index is 962. The van der Waals surface area contributed by atoms with Crippen molar-refractivity contribution in [2.75, 3.05) is 0 Å². The third-order valence-corrected chi connectivity index (χ3v) is 6.80. The molecule has 6 heteroatoms. The first kappa shape index (κ1) is 16.8. The van der Waals surface area contributed by atoms with Crippen LogP contribution in [0.3, 0.4) is 0 Å². The van der Waals surface area contributed by atoms with Gasteiger partial charge in [0.15, 0.2) is 0 Å². The minimum atomic E-state index is -0.221. The van der Waals surface area contributed by atoms with E-state index in [4.69, 9.17) is 4.98 Å². The van der Waals surface area contributed by atoms with Crippen LogP contribution in [0.2, 0.25) is 0 Å². The van der Waals surface area contributed by atoms with Crippen molar-refractivity contribution in [1.82, 2.24) is 9.97 Å². The number of H-pyrrole nitrogens is 1. The van der Waals surface area contributed by atoms with Crippen molar-refractivity contribution in [3.05, 3.63) is 62.3 Å². The normalized spacial score (nSPS) is 17.0. The summed E-state index contributed by atoms with van der Waals surface area (Å²) in [5.74, 6) is 2.59. The molecule has 3 nitrogen and oxygen atoms in total. The van der Waals surface area contributed by atoms with Gasteiger partial charge in [-0.05, 0) is 48.4 Å². The number of hydrogen-bond donors (Lipinski definition) is 1. The second-order valence-corrected chi connectivity index (χ2v) is 8.73. The van der Waals surface area contributed by atoms with Gasteiger partial charge in [0.05, 0.1) is 11.1 Å². The Balaban J connectivity index is 1.53. The molecular formula is C19H19FN2OS2. The zero-order valence-corrected chi connectivity index (χ0v) is 15.6. The van der Waals surface area contributed by atoms with Crippen LogP contribution < -0.4 is 5.56 Å². The van der Waals surface area contributed by atoms with Crippen LogP contribution in [0.4, 0.5) is 4.39 Å². The number of benzene rings is 1. The quantitative estimate of drug-likeness (QED) is 0.721. The van der Waals surface area contributed by atoms with Gasteiger partial charge in [0.2, 0.25) is 0 Å². The number of nitrogens with zero attached hydrogens (tertiary/aromatic N) is 1. The van der Waals surface area contributed by atoms with E-state index in [1.807, 2.05) is 0 Å². The molecule has 0 saturated heterocycles. The maximum atomic E-state index is 12.9. The molecule has 1 N–H and O–H groups in total. The highest BCUT2D eigenvalue weighted by Gasteiger charge is 2.22. The molecule has 0 fully saturated rings. The number of aromatic amines is 1. The summed E-state index contributed by atoms with van der Waals surface area (Å²) < 4.78 is 12.9. The predicted molar refractivity (Wildman–Crippen MR) is 103 cm³/mol. The van der Waals surface area contributed by atoms with Gasteiger partial charge in [-0.3, -0.25) is 4.79 Å². The first-order chi connectivity index (χ1) is 12.1. The molecular weight excluding hydrogens is 355 g/mol. The summed E-state index contributed by atoms with van der Waals surface area (Å²) in [5, 5.41) is 0.805. The van der Waals surface area contributed by atoms with Crippen LogP contribution in [0.25, 0.3) is 10.2 Å². The van der Waals surface area contributed by atoms with Gasteiger partial charge in [-0.1, -0.05) is 19.1 Å². The van der Waals surface area contributed by atoms with E-state index in [2.05, 4.69) is 11.9 Å². The molecule has 0 unspecified atom stereocenters. The van der Waals surface area contributed by atoms with E-state index in [1.54, 1.807) is 35.2 Å². The first-order valence-corrected chi connectivity index (χ1v) is 10.4. The second-order valence-electron chi connectivity index (χ2n) is 6.66. The van der Waals surface area contributed by atoms with Crippen LogP contribution >= 0.6 is 23.1 Å². The van der Waals surface area contributed by atoms with Crippen molar-refractivity contribution in [1.29, 1.82) is 0 Å². The van der Waals surface area contributed by atoms with Gasteiger partial charge in [-0.15, -0.1) is 23.1 Å². The van der Waals surface area contributed by atoms with Crippen molar-refractivity contribution in [3.63, 3.8) is 0 Å². The Morgan fingerprint density at radius 1 is 1.32 bits per heavy atom. The van der Waals surface area contributed by atoms with Gasteiger partial charge < -0.3 is 4.98 Å². The molecule has 1 aromatic carbocycles. The number of thiophene rings is 1. The van der Waals surface area contributed by atoms with Gasteiger partial charge >= 0.3 is 0 Å². The minimum absolute atomic E-state index is 0.00515. The lowest BCUT2D eigenvalue weighted by atomic mass is 9.89. The molecule has 25 heavy (non-hydrogen) atoms. The van der Waals surface area contributed by atoms with Crippen molar-refractivity contribution >= 4 is 33.3 Å². The molecule has 130 valence electrons. The van der Waals surface area contributed by atoms with Crippen molar-refractivity contribution < 1.29 is 4.39 Å². The summed E-state index contributed by atoms with van der Waals surface area (Å²) >= 11 is 3.35. The molecule has 1 aliphatic carbocycles. The summed E-state index contributed by atoms with van der Waals surface area (Å²) in [6, 6.07) is 6.52. The van der Waals surface area contributed by atoms with Crippen molar-refractivity contribution in [2.45, 2.75) is 37.7 Å². The Hall–Kier alpha value is -1.66. The highest BCUT2D eigenvalue weighted by Crippen LogP contribution is 2.35. The average molecular weight is 375 g/mol. The van der Waals surface area contributed by atoms with Crippen molar-refractivity contribution in [3.8, 4) is 0 Å². The van der Waals surface area contributed by atoms with E-state index in [9.17, 15) is 9.18 Å². The van der Waals surface area contributed by atoms with Crippen LogP contribution in [0, 0.1) is 11.7 Å². The monoisotopic (exact) mass is 374 g/mol. The fraction of sp³-hybridized carbons (Fsp3) is 0.368. The molecule has 0 aliphatic heterocycles. The third-order valence-electron chi connectivity index (χ3n) is 4.64. The lowest BCUT2D eigenvalue weighted by Crippen LogP contribution is -2.14. The molecule has 1 atom stereocenters. The van der Waals surface area contributed by atoms with Crippen LogP contribution in [0.1, 0.15) is 35.2 Å². The first-order valence-electron chi connectivity index (χ1n) is 8.46. The van der Waals surface area contributed by atoms with Crippen LogP contribution in [0.5, 0.6) is 0 Å².